The molecular formula is C18H16O4. The van der Waals surface area contributed by atoms with E-state index in [1.807, 2.05) is 50.2 Å². The van der Waals surface area contributed by atoms with E-state index in [0.717, 1.165) is 11.0 Å². The van der Waals surface area contributed by atoms with E-state index in [0.29, 0.717) is 17.1 Å². The zero-order valence-corrected chi connectivity index (χ0v) is 12.4. The summed E-state index contributed by atoms with van der Waals surface area (Å²) in [6.07, 6.45) is -0.0878. The van der Waals surface area contributed by atoms with Crippen LogP contribution in [0.1, 0.15) is 24.2 Å². The Balaban J connectivity index is 2.07. The predicted octanol–water partition coefficient (Wildman–Crippen LogP) is 4.59. The molecule has 112 valence electrons. The number of fused-ring (bicyclic) bond motifs is 1. The van der Waals surface area contributed by atoms with Crippen LogP contribution in [0.25, 0.3) is 22.3 Å². The van der Waals surface area contributed by atoms with E-state index >= 15 is 0 Å². The van der Waals surface area contributed by atoms with Gasteiger partial charge in [-0.1, -0.05) is 18.2 Å². The van der Waals surface area contributed by atoms with Crippen molar-refractivity contribution >= 4 is 16.9 Å². The van der Waals surface area contributed by atoms with Crippen LogP contribution >= 0.6 is 0 Å². The molecule has 0 aliphatic carbocycles. The number of carboxylic acid groups (broad SMARTS) is 1. The van der Waals surface area contributed by atoms with Gasteiger partial charge in [0.15, 0.2) is 0 Å². The summed E-state index contributed by atoms with van der Waals surface area (Å²) < 4.78 is 11.3. The van der Waals surface area contributed by atoms with E-state index in [-0.39, 0.29) is 11.7 Å². The van der Waals surface area contributed by atoms with Crippen molar-refractivity contribution in [2.75, 3.05) is 0 Å². The lowest BCUT2D eigenvalue weighted by molar-refractivity contribution is 0.0690. The summed E-state index contributed by atoms with van der Waals surface area (Å²) in [6, 6.07) is 14.6. The normalized spacial score (nSPS) is 11.0. The molecule has 0 aliphatic heterocycles. The van der Waals surface area contributed by atoms with Gasteiger partial charge in [0, 0.05) is 10.9 Å². The molecule has 0 saturated heterocycles. The van der Waals surface area contributed by atoms with Crippen LogP contribution in [0.5, 0.6) is 5.75 Å². The monoisotopic (exact) mass is 296 g/mol. The summed E-state index contributed by atoms with van der Waals surface area (Å²) in [7, 11) is 0. The van der Waals surface area contributed by atoms with Gasteiger partial charge >= 0.3 is 5.97 Å². The van der Waals surface area contributed by atoms with E-state index in [2.05, 4.69) is 0 Å². The Morgan fingerprint density at radius 3 is 2.59 bits per heavy atom. The van der Waals surface area contributed by atoms with E-state index in [1.54, 1.807) is 12.1 Å². The van der Waals surface area contributed by atoms with Crippen LogP contribution in [0.2, 0.25) is 0 Å². The third kappa shape index (κ3) is 2.68. The fourth-order valence-corrected chi connectivity index (χ4v) is 2.33. The lowest BCUT2D eigenvalue weighted by atomic mass is 10.1. The average molecular weight is 296 g/mol. The largest absolute Gasteiger partial charge is 0.490 e. The second-order valence-electron chi connectivity index (χ2n) is 5.33. The number of benzene rings is 2. The van der Waals surface area contributed by atoms with Crippen LogP contribution in [0.4, 0.5) is 0 Å². The van der Waals surface area contributed by atoms with Crippen LogP contribution in [-0.2, 0) is 0 Å². The fraction of sp³-hybridized carbons (Fsp3) is 0.167. The standard InChI is InChI=1S/C18H16O4/c1-11(2)21-16-8-7-13(9-14(16)18(19)20)17-10-12-5-3-4-6-15(12)22-17/h3-11H,1-2H3,(H,19,20). The van der Waals surface area contributed by atoms with Gasteiger partial charge in [0.2, 0.25) is 0 Å². The number of furan rings is 1. The smallest absolute Gasteiger partial charge is 0.339 e. The number of ether oxygens (including phenoxy) is 1. The van der Waals surface area contributed by atoms with Crippen molar-refractivity contribution in [2.24, 2.45) is 0 Å². The Hall–Kier alpha value is -2.75. The Kier molecular flexibility index (Phi) is 3.59. The van der Waals surface area contributed by atoms with Gasteiger partial charge in [-0.25, -0.2) is 4.79 Å². The Labute approximate surface area is 127 Å². The summed E-state index contributed by atoms with van der Waals surface area (Å²) in [6.45, 7) is 3.72. The van der Waals surface area contributed by atoms with Crippen molar-refractivity contribution in [3.05, 3.63) is 54.1 Å². The summed E-state index contributed by atoms with van der Waals surface area (Å²) in [5, 5.41) is 10.4. The Morgan fingerprint density at radius 1 is 1.14 bits per heavy atom. The minimum atomic E-state index is -1.02. The number of aromatic carboxylic acids is 1. The topological polar surface area (TPSA) is 59.7 Å². The maximum atomic E-state index is 11.4. The Morgan fingerprint density at radius 2 is 1.91 bits per heavy atom. The molecular weight excluding hydrogens is 280 g/mol. The first-order valence-corrected chi connectivity index (χ1v) is 7.07. The molecule has 2 aromatic carbocycles. The highest BCUT2D eigenvalue weighted by Crippen LogP contribution is 2.31. The van der Waals surface area contributed by atoms with E-state index in [1.165, 1.54) is 0 Å². The summed E-state index contributed by atoms with van der Waals surface area (Å²) in [5.41, 5.74) is 1.62. The average Bonchev–Trinajstić information content (AvgIpc) is 2.90. The summed E-state index contributed by atoms with van der Waals surface area (Å²) >= 11 is 0. The summed E-state index contributed by atoms with van der Waals surface area (Å²) in [5.74, 6) is -0.0178. The first-order chi connectivity index (χ1) is 10.5. The molecule has 0 fully saturated rings. The van der Waals surface area contributed by atoms with E-state index < -0.39 is 5.97 Å². The van der Waals surface area contributed by atoms with Gasteiger partial charge in [0.1, 0.15) is 22.7 Å². The second-order valence-corrected chi connectivity index (χ2v) is 5.33. The molecule has 0 saturated carbocycles. The van der Waals surface area contributed by atoms with Crippen molar-refractivity contribution in [3.8, 4) is 17.1 Å². The molecule has 1 heterocycles. The molecule has 1 N–H and O–H groups in total. The van der Waals surface area contributed by atoms with Gasteiger partial charge in [-0.15, -0.1) is 0 Å². The zero-order valence-electron chi connectivity index (χ0n) is 12.4. The number of hydrogen-bond acceptors (Lipinski definition) is 3. The highest BCUT2D eigenvalue weighted by molar-refractivity contribution is 5.93. The minimum Gasteiger partial charge on any atom is -0.490 e. The van der Waals surface area contributed by atoms with E-state index in [9.17, 15) is 9.90 Å². The number of rotatable bonds is 4. The van der Waals surface area contributed by atoms with Crippen molar-refractivity contribution in [3.63, 3.8) is 0 Å². The number of hydrogen-bond donors (Lipinski definition) is 1. The van der Waals surface area contributed by atoms with Gasteiger partial charge in [0.05, 0.1) is 6.10 Å². The molecule has 0 radical (unpaired) electrons. The molecule has 4 nitrogen and oxygen atoms in total. The minimum absolute atomic E-state index is 0.0878. The van der Waals surface area contributed by atoms with Gasteiger partial charge in [-0.2, -0.15) is 0 Å². The number of carboxylic acids is 1. The Bertz CT molecular complexity index is 797. The molecule has 0 unspecified atom stereocenters. The highest BCUT2D eigenvalue weighted by atomic mass is 16.5. The molecule has 0 aliphatic rings. The van der Waals surface area contributed by atoms with Crippen LogP contribution in [0, 0.1) is 0 Å². The SMILES string of the molecule is CC(C)Oc1ccc(-c2cc3ccccc3o2)cc1C(=O)O. The van der Waals surface area contributed by atoms with Gasteiger partial charge in [-0.05, 0) is 44.2 Å². The van der Waals surface area contributed by atoms with Crippen LogP contribution < -0.4 is 4.74 Å². The van der Waals surface area contributed by atoms with Crippen LogP contribution in [0.3, 0.4) is 0 Å². The van der Waals surface area contributed by atoms with Crippen molar-refractivity contribution in [1.82, 2.24) is 0 Å². The maximum absolute atomic E-state index is 11.4. The second kappa shape index (κ2) is 5.56. The first kappa shape index (κ1) is 14.2. The molecule has 0 spiro atoms. The molecule has 0 atom stereocenters. The predicted molar refractivity (Wildman–Crippen MR) is 84.4 cm³/mol. The van der Waals surface area contributed by atoms with Crippen molar-refractivity contribution < 1.29 is 19.1 Å². The molecule has 3 aromatic rings. The molecule has 1 aromatic heterocycles. The molecule has 0 bridgehead atoms. The molecule has 3 rings (SSSR count). The van der Waals surface area contributed by atoms with Crippen molar-refractivity contribution in [1.29, 1.82) is 0 Å². The first-order valence-electron chi connectivity index (χ1n) is 7.07. The maximum Gasteiger partial charge on any atom is 0.339 e. The lowest BCUT2D eigenvalue weighted by Gasteiger charge is -2.12. The molecule has 0 amide bonds. The fourth-order valence-electron chi connectivity index (χ4n) is 2.33. The molecule has 22 heavy (non-hydrogen) atoms. The molecule has 4 heteroatoms. The lowest BCUT2D eigenvalue weighted by Crippen LogP contribution is -2.09. The van der Waals surface area contributed by atoms with Crippen molar-refractivity contribution in [2.45, 2.75) is 20.0 Å². The quantitative estimate of drug-likeness (QED) is 0.765. The third-order valence-corrected chi connectivity index (χ3v) is 3.28. The number of carbonyl (C=O) groups is 1. The van der Waals surface area contributed by atoms with Gasteiger partial charge < -0.3 is 14.3 Å². The zero-order chi connectivity index (χ0) is 15.7. The van der Waals surface area contributed by atoms with E-state index in [4.69, 9.17) is 9.15 Å². The van der Waals surface area contributed by atoms with Crippen LogP contribution in [-0.4, -0.2) is 17.2 Å². The number of para-hydroxylation sites is 1. The van der Waals surface area contributed by atoms with Crippen LogP contribution in [0.15, 0.2) is 52.9 Å². The van der Waals surface area contributed by atoms with Gasteiger partial charge in [-0.3, -0.25) is 0 Å². The summed E-state index contributed by atoms with van der Waals surface area (Å²) in [4.78, 5) is 11.4. The highest BCUT2D eigenvalue weighted by Gasteiger charge is 2.15. The van der Waals surface area contributed by atoms with Gasteiger partial charge in [0.25, 0.3) is 0 Å². The third-order valence-electron chi connectivity index (χ3n) is 3.28.